The van der Waals surface area contributed by atoms with Crippen LogP contribution in [0.5, 0.6) is 0 Å². The van der Waals surface area contributed by atoms with Gasteiger partial charge in [-0.3, -0.25) is 0 Å². The summed E-state index contributed by atoms with van der Waals surface area (Å²) in [5.74, 6) is -0.549. The van der Waals surface area contributed by atoms with E-state index in [-0.39, 0.29) is 0 Å². The predicted octanol–water partition coefficient (Wildman–Crippen LogP) is 3.18. The van der Waals surface area contributed by atoms with Crippen LogP contribution in [0.1, 0.15) is 13.8 Å². The van der Waals surface area contributed by atoms with Crippen LogP contribution in [0.2, 0.25) is 5.02 Å². The summed E-state index contributed by atoms with van der Waals surface area (Å²) in [7, 11) is 0. The number of carbonyl (C=O) groups is 1. The maximum absolute atomic E-state index is 10.3. The van der Waals surface area contributed by atoms with Gasteiger partial charge in [0.05, 0.1) is 0 Å². The molecule has 0 aliphatic heterocycles. The highest BCUT2D eigenvalue weighted by atomic mass is 35.5. The predicted molar refractivity (Wildman–Crippen MR) is 74.8 cm³/mol. The highest BCUT2D eigenvalue weighted by Gasteiger charge is 2.03. The van der Waals surface area contributed by atoms with E-state index in [2.05, 4.69) is 10.1 Å². The third kappa shape index (κ3) is 4.56. The van der Waals surface area contributed by atoms with Crippen LogP contribution in [0, 0.1) is 0 Å². The van der Waals surface area contributed by atoms with Crippen molar-refractivity contribution < 1.29 is 9.90 Å². The Morgan fingerprint density at radius 2 is 2.16 bits per heavy atom. The van der Waals surface area contributed by atoms with E-state index in [0.29, 0.717) is 10.8 Å². The van der Waals surface area contributed by atoms with Gasteiger partial charge in [-0.25, -0.2) is 14.5 Å². The maximum atomic E-state index is 10.3. The van der Waals surface area contributed by atoms with Crippen LogP contribution in [0.3, 0.4) is 0 Å². The van der Waals surface area contributed by atoms with Gasteiger partial charge in [-0.15, -0.1) is 5.10 Å². The van der Waals surface area contributed by atoms with E-state index in [1.165, 1.54) is 17.2 Å². The minimum atomic E-state index is -1.04. The molecule has 0 spiro atoms. The van der Waals surface area contributed by atoms with E-state index in [4.69, 9.17) is 16.7 Å². The number of carboxylic acids is 1. The number of hydrogen-bond acceptors (Lipinski definition) is 3. The Balaban J connectivity index is 0.000000861. The molecule has 0 bridgehead atoms. The summed E-state index contributed by atoms with van der Waals surface area (Å²) in [6, 6.07) is 7.12. The van der Waals surface area contributed by atoms with Crippen LogP contribution in [0.15, 0.2) is 36.7 Å². The lowest BCUT2D eigenvalue weighted by molar-refractivity contribution is -0.131. The number of aliphatic carboxylic acids is 1. The highest BCUT2D eigenvalue weighted by molar-refractivity contribution is 6.30. The fraction of sp³-hybridized carbons (Fsp3) is 0.154. The molecule has 1 N–H and O–H groups in total. The average Bonchev–Trinajstić information content (AvgIpc) is 2.87. The molecular weight excluding hydrogens is 266 g/mol. The molecule has 0 fully saturated rings. The maximum Gasteiger partial charge on any atom is 0.329 e. The van der Waals surface area contributed by atoms with Gasteiger partial charge in [-0.1, -0.05) is 37.6 Å². The number of rotatable bonds is 3. The van der Waals surface area contributed by atoms with Gasteiger partial charge < -0.3 is 5.11 Å². The van der Waals surface area contributed by atoms with E-state index in [1.807, 2.05) is 19.9 Å². The Morgan fingerprint density at radius 3 is 2.79 bits per heavy atom. The zero-order chi connectivity index (χ0) is 14.3. The molecule has 1 aromatic heterocycles. The van der Waals surface area contributed by atoms with E-state index in [1.54, 1.807) is 18.2 Å². The van der Waals surface area contributed by atoms with Crippen molar-refractivity contribution in [2.24, 2.45) is 0 Å². The molecule has 0 saturated carbocycles. The van der Waals surface area contributed by atoms with Crippen molar-refractivity contribution in [1.29, 1.82) is 0 Å². The van der Waals surface area contributed by atoms with E-state index in [9.17, 15) is 4.79 Å². The van der Waals surface area contributed by atoms with Gasteiger partial charge in [0.15, 0.2) is 5.82 Å². The van der Waals surface area contributed by atoms with Crippen LogP contribution in [-0.4, -0.2) is 25.8 Å². The largest absolute Gasteiger partial charge is 0.478 e. The van der Waals surface area contributed by atoms with Gasteiger partial charge in [-0.2, -0.15) is 0 Å². The quantitative estimate of drug-likeness (QED) is 0.876. The van der Waals surface area contributed by atoms with Crippen LogP contribution < -0.4 is 0 Å². The summed E-state index contributed by atoms with van der Waals surface area (Å²) < 4.78 is 1.32. The minimum Gasteiger partial charge on any atom is -0.478 e. The molecule has 1 aromatic carbocycles. The number of halogens is 1. The minimum absolute atomic E-state index is 0.488. The lowest BCUT2D eigenvalue weighted by Crippen LogP contribution is -1.91. The molecule has 0 aliphatic rings. The van der Waals surface area contributed by atoms with Crippen LogP contribution in [0.25, 0.3) is 17.6 Å². The summed E-state index contributed by atoms with van der Waals surface area (Å²) in [6.45, 7) is 4.00. The number of aromatic nitrogens is 3. The topological polar surface area (TPSA) is 68.0 Å². The summed E-state index contributed by atoms with van der Waals surface area (Å²) in [5.41, 5.74) is 0.778. The Labute approximate surface area is 116 Å². The number of benzene rings is 1. The van der Waals surface area contributed by atoms with Gasteiger partial charge in [0.1, 0.15) is 6.33 Å². The van der Waals surface area contributed by atoms with Gasteiger partial charge in [0, 0.05) is 22.9 Å². The first-order valence-electron chi connectivity index (χ1n) is 5.73. The molecule has 6 heteroatoms. The van der Waals surface area contributed by atoms with E-state index in [0.717, 1.165) is 11.6 Å². The smallest absolute Gasteiger partial charge is 0.329 e. The lowest BCUT2D eigenvalue weighted by Gasteiger charge is -1.95. The zero-order valence-electron chi connectivity index (χ0n) is 10.6. The summed E-state index contributed by atoms with van der Waals surface area (Å²) in [5, 5.41) is 13.2. The number of nitrogens with zero attached hydrogens (tertiary/aromatic N) is 3. The first-order chi connectivity index (χ1) is 9.15. The molecule has 100 valence electrons. The molecule has 5 nitrogen and oxygen atoms in total. The van der Waals surface area contributed by atoms with E-state index >= 15 is 0 Å². The molecule has 19 heavy (non-hydrogen) atoms. The third-order valence-corrected chi connectivity index (χ3v) is 2.20. The molecule has 0 amide bonds. The van der Waals surface area contributed by atoms with Crippen molar-refractivity contribution in [2.75, 3.05) is 0 Å². The van der Waals surface area contributed by atoms with Crippen LogP contribution in [-0.2, 0) is 4.79 Å². The van der Waals surface area contributed by atoms with Crippen molar-refractivity contribution in [3.8, 4) is 11.4 Å². The molecule has 0 atom stereocenters. The van der Waals surface area contributed by atoms with Gasteiger partial charge >= 0.3 is 5.97 Å². The Bertz CT molecular complexity index is 579. The molecule has 0 aliphatic carbocycles. The van der Waals surface area contributed by atoms with Crippen molar-refractivity contribution in [3.63, 3.8) is 0 Å². The average molecular weight is 280 g/mol. The Hall–Kier alpha value is -2.14. The second-order valence-electron chi connectivity index (χ2n) is 3.21. The summed E-state index contributed by atoms with van der Waals surface area (Å²) in [4.78, 5) is 14.4. The first-order valence-corrected chi connectivity index (χ1v) is 6.11. The van der Waals surface area contributed by atoms with Crippen molar-refractivity contribution in [3.05, 3.63) is 41.7 Å². The first kappa shape index (κ1) is 14.9. The normalized spacial score (nSPS) is 10.1. The zero-order valence-corrected chi connectivity index (χ0v) is 11.4. The molecule has 1 heterocycles. The fourth-order valence-corrected chi connectivity index (χ4v) is 1.44. The van der Waals surface area contributed by atoms with Crippen molar-refractivity contribution in [1.82, 2.24) is 14.8 Å². The SMILES string of the molecule is CC.O=C(O)/C=C\n1cnc(-c2cccc(Cl)c2)n1. The summed E-state index contributed by atoms with van der Waals surface area (Å²) >= 11 is 5.85. The Morgan fingerprint density at radius 1 is 1.42 bits per heavy atom. The second-order valence-corrected chi connectivity index (χ2v) is 3.65. The van der Waals surface area contributed by atoms with Gasteiger partial charge in [0.25, 0.3) is 0 Å². The van der Waals surface area contributed by atoms with Crippen LogP contribution >= 0.6 is 11.6 Å². The Kier molecular flexibility index (Phi) is 5.75. The second kappa shape index (κ2) is 7.33. The van der Waals surface area contributed by atoms with E-state index < -0.39 is 5.97 Å². The molecule has 0 saturated heterocycles. The third-order valence-electron chi connectivity index (χ3n) is 1.96. The monoisotopic (exact) mass is 279 g/mol. The molecular formula is C13H14ClN3O2. The van der Waals surface area contributed by atoms with Crippen LogP contribution in [0.4, 0.5) is 0 Å². The molecule has 2 aromatic rings. The lowest BCUT2D eigenvalue weighted by atomic mass is 10.2. The molecule has 0 radical (unpaired) electrons. The van der Waals surface area contributed by atoms with Crippen molar-refractivity contribution >= 4 is 23.8 Å². The number of carboxylic acid groups (broad SMARTS) is 1. The standard InChI is InChI=1S/C11H8ClN3O2.C2H6/c12-9-3-1-2-8(6-9)11-13-7-15(14-11)5-4-10(16)17;1-2/h1-7H,(H,16,17);1-2H3/b5-4-;. The van der Waals surface area contributed by atoms with Crippen molar-refractivity contribution in [2.45, 2.75) is 13.8 Å². The molecule has 2 rings (SSSR count). The fourth-order valence-electron chi connectivity index (χ4n) is 1.25. The highest BCUT2D eigenvalue weighted by Crippen LogP contribution is 2.18. The molecule has 0 unspecified atom stereocenters. The van der Waals surface area contributed by atoms with Gasteiger partial charge in [-0.05, 0) is 12.1 Å². The number of hydrogen-bond donors (Lipinski definition) is 1. The van der Waals surface area contributed by atoms with Gasteiger partial charge in [0.2, 0.25) is 0 Å². The summed E-state index contributed by atoms with van der Waals surface area (Å²) in [6.07, 6.45) is 3.72.